The fourth-order valence-corrected chi connectivity index (χ4v) is 9.95. The van der Waals surface area contributed by atoms with Crippen LogP contribution in [0.1, 0.15) is 82.1 Å². The van der Waals surface area contributed by atoms with Gasteiger partial charge < -0.3 is 23.5 Å². The minimum Gasteiger partial charge on any atom is -0.508 e. The van der Waals surface area contributed by atoms with E-state index in [0.717, 1.165) is 11.1 Å². The van der Waals surface area contributed by atoms with Crippen molar-refractivity contribution in [3.63, 3.8) is 0 Å². The maximum absolute atomic E-state index is 15.5. The molecule has 7 rings (SSSR count). The third-order valence-corrected chi connectivity index (χ3v) is 16.6. The Labute approximate surface area is 319 Å². The van der Waals surface area contributed by atoms with Crippen LogP contribution in [0.3, 0.4) is 0 Å². The first-order valence-corrected chi connectivity index (χ1v) is 21.7. The van der Waals surface area contributed by atoms with Crippen LogP contribution in [0.2, 0.25) is 18.1 Å². The summed E-state index contributed by atoms with van der Waals surface area (Å²) in [5.74, 6) is -1.59. The Balaban J connectivity index is 1.41. The maximum Gasteiger partial charge on any atom is 0.265 e. The minimum atomic E-state index is -2.86. The molecule has 12 heteroatoms. The van der Waals surface area contributed by atoms with Gasteiger partial charge in [-0.05, 0) is 90.1 Å². The molecule has 3 aliphatic rings. The highest BCUT2D eigenvalue weighted by Crippen LogP contribution is 2.60. The third kappa shape index (κ3) is 6.17. The molecule has 2 aromatic heterocycles. The summed E-state index contributed by atoms with van der Waals surface area (Å²) in [5.41, 5.74) is 1.80. The Hall–Kier alpha value is -4.10. The predicted molar refractivity (Wildman–Crippen MR) is 206 cm³/mol. The second-order valence-corrected chi connectivity index (χ2v) is 21.6. The highest BCUT2D eigenvalue weighted by Gasteiger charge is 2.67. The molecule has 4 aromatic rings. The number of allylic oxidation sites excluding steroid dienone is 1. The number of carbonyl (C=O) groups is 2. The molecule has 0 unspecified atom stereocenters. The van der Waals surface area contributed by atoms with Gasteiger partial charge in [-0.3, -0.25) is 14.5 Å². The Morgan fingerprint density at radius 1 is 0.981 bits per heavy atom. The van der Waals surface area contributed by atoms with Crippen LogP contribution in [-0.2, 0) is 24.1 Å². The zero-order chi connectivity index (χ0) is 38.0. The van der Waals surface area contributed by atoms with Crippen LogP contribution >= 0.6 is 15.9 Å². The molecule has 0 radical (unpaired) electrons. The highest BCUT2D eigenvalue weighted by atomic mass is 79.9. The summed E-state index contributed by atoms with van der Waals surface area (Å²) in [6.45, 7) is 12.5. The molecule has 0 fully saturated rings. The van der Waals surface area contributed by atoms with Crippen LogP contribution in [0.4, 0.5) is 0 Å². The van der Waals surface area contributed by atoms with E-state index in [9.17, 15) is 5.11 Å². The number of nitrogens with zero attached hydrogens (tertiary/aromatic N) is 3. The van der Waals surface area contributed by atoms with Gasteiger partial charge in [-0.2, -0.15) is 0 Å². The van der Waals surface area contributed by atoms with Gasteiger partial charge in [-0.1, -0.05) is 81.4 Å². The number of aliphatic hydroxyl groups excluding tert-OH is 1. The lowest BCUT2D eigenvalue weighted by Crippen LogP contribution is -2.65. The van der Waals surface area contributed by atoms with Gasteiger partial charge in [0, 0.05) is 17.1 Å². The van der Waals surface area contributed by atoms with Gasteiger partial charge in [0.2, 0.25) is 5.78 Å². The number of ketones is 2. The molecular formula is C41H46BrN3O7Si. The molecule has 0 spiro atoms. The van der Waals surface area contributed by atoms with Gasteiger partial charge >= 0.3 is 0 Å². The number of carbonyl (C=O) groups excluding carboxylic acids is 2. The van der Waals surface area contributed by atoms with Gasteiger partial charge in [0.15, 0.2) is 31.2 Å². The number of aryl methyl sites for hydroxylation is 1. The number of ether oxygens (including phenoxy) is 2. The number of hydrogen-bond donors (Lipinski definition) is 1. The third-order valence-electron chi connectivity index (χ3n) is 11.5. The van der Waals surface area contributed by atoms with Crippen LogP contribution in [0, 0.1) is 18.8 Å². The Bertz CT molecular complexity index is 2110. The van der Waals surface area contributed by atoms with Crippen molar-refractivity contribution >= 4 is 35.8 Å². The molecule has 0 saturated carbocycles. The average Bonchev–Trinajstić information content (AvgIpc) is 3.52. The molecule has 0 amide bonds. The summed E-state index contributed by atoms with van der Waals surface area (Å²) in [4.78, 5) is 37.2. The van der Waals surface area contributed by atoms with E-state index in [0.29, 0.717) is 45.8 Å². The first kappa shape index (κ1) is 37.2. The normalized spacial score (nSPS) is 22.6. The van der Waals surface area contributed by atoms with E-state index in [1.807, 2.05) is 79.7 Å². The zero-order valence-corrected chi connectivity index (χ0v) is 34.0. The summed E-state index contributed by atoms with van der Waals surface area (Å²) >= 11 is 3.65. The topological polar surface area (TPSA) is 124 Å². The van der Waals surface area contributed by atoms with Crippen molar-refractivity contribution in [3.05, 3.63) is 116 Å². The van der Waals surface area contributed by atoms with Gasteiger partial charge in [0.1, 0.15) is 29.1 Å². The largest absolute Gasteiger partial charge is 0.508 e. The Morgan fingerprint density at radius 3 is 2.17 bits per heavy atom. The Kier molecular flexibility index (Phi) is 9.58. The smallest absolute Gasteiger partial charge is 0.265 e. The molecule has 0 saturated heterocycles. The van der Waals surface area contributed by atoms with Crippen molar-refractivity contribution in [2.75, 3.05) is 14.1 Å². The van der Waals surface area contributed by atoms with Crippen molar-refractivity contribution < 1.29 is 33.1 Å². The zero-order valence-electron chi connectivity index (χ0n) is 31.5. The van der Waals surface area contributed by atoms with Crippen LogP contribution in [0.25, 0.3) is 0 Å². The SMILES string of the molecule is Cc1nc(Br)c2c(c1OCc1ccccc1)C(=O)C1=C(O)[C@]3(O[Si](C)(C)C(C)(C)C)C(=O)c4c(OCc5ccccc5)noc4[C@@H](N(C)C)[C@@H]3C[C@@H]1C2. The summed E-state index contributed by atoms with van der Waals surface area (Å²) in [5, 5.41) is 16.8. The first-order chi connectivity index (χ1) is 25.1. The van der Waals surface area contributed by atoms with Crippen molar-refractivity contribution in [2.45, 2.75) is 83.5 Å². The fourth-order valence-electron chi connectivity index (χ4n) is 7.88. The molecule has 1 N–H and O–H groups in total. The maximum atomic E-state index is 15.5. The number of pyridine rings is 1. The van der Waals surface area contributed by atoms with E-state index in [1.165, 1.54) is 0 Å². The molecule has 53 heavy (non-hydrogen) atoms. The van der Waals surface area contributed by atoms with Crippen molar-refractivity contribution in [1.82, 2.24) is 15.0 Å². The van der Waals surface area contributed by atoms with Gasteiger partial charge in [0.25, 0.3) is 5.88 Å². The lowest BCUT2D eigenvalue weighted by atomic mass is 9.58. The van der Waals surface area contributed by atoms with Crippen molar-refractivity contribution in [1.29, 1.82) is 0 Å². The number of Topliss-reactive ketones (excluding diaryl/α,β-unsaturated/α-hetero) is 2. The number of rotatable bonds is 9. The van der Waals surface area contributed by atoms with Gasteiger partial charge in [0.05, 0.1) is 17.3 Å². The van der Waals surface area contributed by atoms with Crippen molar-refractivity contribution in [2.24, 2.45) is 11.8 Å². The number of benzene rings is 2. The highest BCUT2D eigenvalue weighted by molar-refractivity contribution is 9.10. The lowest BCUT2D eigenvalue weighted by Gasteiger charge is -2.55. The lowest BCUT2D eigenvalue weighted by molar-refractivity contribution is -0.0480. The second-order valence-electron chi connectivity index (χ2n) is 16.1. The molecular weight excluding hydrogens is 754 g/mol. The molecule has 0 aliphatic heterocycles. The van der Waals surface area contributed by atoms with E-state index in [2.05, 4.69) is 55.0 Å². The molecule has 3 aliphatic carbocycles. The summed E-state index contributed by atoms with van der Waals surface area (Å²) < 4.78 is 26.4. The summed E-state index contributed by atoms with van der Waals surface area (Å²) in [6, 6.07) is 18.7. The molecule has 4 atom stereocenters. The molecule has 278 valence electrons. The number of fused-ring (bicyclic) bond motifs is 4. The number of aromatic nitrogens is 2. The summed E-state index contributed by atoms with van der Waals surface area (Å²) in [7, 11) is 0.961. The monoisotopic (exact) mass is 799 g/mol. The van der Waals surface area contributed by atoms with E-state index in [-0.39, 0.29) is 41.0 Å². The minimum absolute atomic E-state index is 0.0276. The van der Waals surface area contributed by atoms with Crippen LogP contribution in [0.15, 0.2) is 81.1 Å². The van der Waals surface area contributed by atoms with Crippen LogP contribution in [-0.4, -0.2) is 59.7 Å². The predicted octanol–water partition coefficient (Wildman–Crippen LogP) is 8.75. The molecule has 2 heterocycles. The average molecular weight is 801 g/mol. The number of halogens is 1. The van der Waals surface area contributed by atoms with Crippen molar-refractivity contribution in [3.8, 4) is 11.6 Å². The quantitative estimate of drug-likeness (QED) is 0.130. The van der Waals surface area contributed by atoms with Gasteiger partial charge in [-0.15, -0.1) is 0 Å². The number of hydrogen-bond acceptors (Lipinski definition) is 10. The van der Waals surface area contributed by atoms with E-state index in [4.69, 9.17) is 23.4 Å². The molecule has 2 aromatic carbocycles. The molecule has 10 nitrogen and oxygen atoms in total. The van der Waals surface area contributed by atoms with E-state index < -0.39 is 43.4 Å². The second kappa shape index (κ2) is 13.6. The van der Waals surface area contributed by atoms with Gasteiger partial charge in [-0.25, -0.2) is 4.98 Å². The Morgan fingerprint density at radius 2 is 1.58 bits per heavy atom. The summed E-state index contributed by atoms with van der Waals surface area (Å²) in [6.07, 6.45) is 0.750. The van der Waals surface area contributed by atoms with Crippen LogP contribution in [0.5, 0.6) is 11.6 Å². The van der Waals surface area contributed by atoms with E-state index >= 15 is 9.59 Å². The van der Waals surface area contributed by atoms with Crippen LogP contribution < -0.4 is 9.47 Å². The fraction of sp³-hybridized carbons (Fsp3) is 0.415. The van der Waals surface area contributed by atoms with E-state index in [1.54, 1.807) is 6.92 Å². The standard InChI is InChI=1S/C41H46BrN3O7Si/c1-23-34(49-21-24-15-11-9-12-16-24)30-27(38(42)43-23)19-26-20-28-32(45(5)6)35-31(39(44-51-35)50-22-25-17-13-10-14-18-25)37(48)41(28,36(47)29(26)33(30)46)52-53(7,8)40(2,3)4/h9-18,26,28,32,47H,19-22H2,1-8H3/t26-,28-,32-,41-/m0/s1. The number of aliphatic hydroxyl groups is 1. The molecule has 0 bridgehead atoms. The first-order valence-electron chi connectivity index (χ1n) is 18.0.